The number of ether oxygens (including phenoxy) is 1. The third kappa shape index (κ3) is 2.62. The van der Waals surface area contributed by atoms with Gasteiger partial charge in [0.25, 0.3) is 0 Å². The lowest BCUT2D eigenvalue weighted by Gasteiger charge is -2.26. The average molecular weight is 290 g/mol. The van der Waals surface area contributed by atoms with Gasteiger partial charge in [0.2, 0.25) is 0 Å². The Bertz CT molecular complexity index is 501. The number of aromatic nitrogens is 2. The summed E-state index contributed by atoms with van der Waals surface area (Å²) in [5, 5.41) is 4.80. The second-order valence-electron chi connectivity index (χ2n) is 6.75. The van der Waals surface area contributed by atoms with Crippen LogP contribution in [-0.4, -0.2) is 51.9 Å². The molecule has 3 aliphatic heterocycles. The van der Waals surface area contributed by atoms with Crippen LogP contribution in [0.1, 0.15) is 42.6 Å². The van der Waals surface area contributed by atoms with Gasteiger partial charge in [0.1, 0.15) is 0 Å². The molecule has 2 saturated heterocycles. The van der Waals surface area contributed by atoms with Crippen molar-refractivity contribution in [2.75, 3.05) is 26.3 Å². The minimum atomic E-state index is 0.611. The number of hydrogen-bond acceptors (Lipinski definition) is 4. The van der Waals surface area contributed by atoms with Crippen molar-refractivity contribution in [2.24, 2.45) is 7.05 Å². The molecule has 4 heterocycles. The lowest BCUT2D eigenvalue weighted by Crippen LogP contribution is -2.32. The van der Waals surface area contributed by atoms with Gasteiger partial charge in [-0.3, -0.25) is 14.5 Å². The fraction of sp³-hybridized carbons (Fsp3) is 0.812. The van der Waals surface area contributed by atoms with Crippen molar-refractivity contribution in [2.45, 2.75) is 51.4 Å². The number of fused-ring (bicyclic) bond motifs is 1. The van der Waals surface area contributed by atoms with Crippen molar-refractivity contribution in [1.29, 1.82) is 0 Å². The van der Waals surface area contributed by atoms with Gasteiger partial charge < -0.3 is 4.74 Å². The molecule has 4 rings (SSSR count). The van der Waals surface area contributed by atoms with Crippen molar-refractivity contribution in [3.05, 3.63) is 17.0 Å². The molecule has 1 atom stereocenters. The van der Waals surface area contributed by atoms with Gasteiger partial charge in [-0.15, -0.1) is 0 Å². The number of likely N-dealkylation sites (tertiary alicyclic amines) is 1. The maximum Gasteiger partial charge on any atom is 0.0813 e. The molecule has 0 radical (unpaired) electrons. The molecule has 0 N–H and O–H groups in total. The lowest BCUT2D eigenvalue weighted by molar-refractivity contribution is 0.141. The van der Waals surface area contributed by atoms with Crippen molar-refractivity contribution in [1.82, 2.24) is 19.6 Å². The minimum Gasteiger partial charge on any atom is -0.380 e. The summed E-state index contributed by atoms with van der Waals surface area (Å²) >= 11 is 0. The number of hydrogen-bond donors (Lipinski definition) is 0. The molecular weight excluding hydrogens is 264 g/mol. The summed E-state index contributed by atoms with van der Waals surface area (Å²) in [6, 6.07) is 0.611. The van der Waals surface area contributed by atoms with Crippen molar-refractivity contribution < 1.29 is 4.74 Å². The molecule has 0 saturated carbocycles. The van der Waals surface area contributed by atoms with Crippen LogP contribution in [0.3, 0.4) is 0 Å². The first-order valence-electron chi connectivity index (χ1n) is 8.39. The van der Waals surface area contributed by atoms with E-state index in [0.29, 0.717) is 6.04 Å². The Morgan fingerprint density at radius 2 is 2.05 bits per heavy atom. The van der Waals surface area contributed by atoms with Gasteiger partial charge in [0.05, 0.1) is 18.0 Å². The van der Waals surface area contributed by atoms with Gasteiger partial charge in [-0.05, 0) is 32.4 Å². The van der Waals surface area contributed by atoms with Gasteiger partial charge in [0, 0.05) is 44.9 Å². The van der Waals surface area contributed by atoms with Crippen LogP contribution in [0.2, 0.25) is 0 Å². The lowest BCUT2D eigenvalue weighted by atomic mass is 10.1. The van der Waals surface area contributed by atoms with Crippen LogP contribution >= 0.6 is 0 Å². The molecule has 21 heavy (non-hydrogen) atoms. The summed E-state index contributed by atoms with van der Waals surface area (Å²) in [6.45, 7) is 7.47. The zero-order valence-corrected chi connectivity index (χ0v) is 13.1. The van der Waals surface area contributed by atoms with E-state index in [-0.39, 0.29) is 0 Å². The molecule has 0 aliphatic carbocycles. The zero-order valence-electron chi connectivity index (χ0n) is 13.1. The van der Waals surface area contributed by atoms with Crippen molar-refractivity contribution in [3.8, 4) is 0 Å². The van der Waals surface area contributed by atoms with Gasteiger partial charge in [-0.2, -0.15) is 5.10 Å². The molecule has 1 aromatic heterocycles. The highest BCUT2D eigenvalue weighted by Gasteiger charge is 2.33. The van der Waals surface area contributed by atoms with Gasteiger partial charge in [-0.1, -0.05) is 6.42 Å². The van der Waals surface area contributed by atoms with E-state index in [1.54, 1.807) is 0 Å². The SMILES string of the molecule is Cn1nc(CN2CCCCC2)c2c1CN(C1CCOC1)C2. The molecule has 0 spiro atoms. The third-order valence-corrected chi connectivity index (χ3v) is 5.32. The summed E-state index contributed by atoms with van der Waals surface area (Å²) in [4.78, 5) is 5.16. The van der Waals surface area contributed by atoms with Crippen LogP contribution in [0.5, 0.6) is 0 Å². The Morgan fingerprint density at radius 1 is 1.19 bits per heavy atom. The highest BCUT2D eigenvalue weighted by atomic mass is 16.5. The van der Waals surface area contributed by atoms with Crippen LogP contribution < -0.4 is 0 Å². The topological polar surface area (TPSA) is 33.5 Å². The Labute approximate surface area is 126 Å². The smallest absolute Gasteiger partial charge is 0.0813 e. The summed E-state index contributed by atoms with van der Waals surface area (Å²) in [7, 11) is 2.10. The minimum absolute atomic E-state index is 0.611. The summed E-state index contributed by atoms with van der Waals surface area (Å²) < 4.78 is 7.67. The van der Waals surface area contributed by atoms with Gasteiger partial charge in [0.15, 0.2) is 0 Å². The second kappa shape index (κ2) is 5.71. The molecule has 0 bridgehead atoms. The second-order valence-corrected chi connectivity index (χ2v) is 6.75. The summed E-state index contributed by atoms with van der Waals surface area (Å²) in [5.74, 6) is 0. The predicted molar refractivity (Wildman–Crippen MR) is 80.8 cm³/mol. The Hall–Kier alpha value is -0.910. The molecule has 0 aromatic carbocycles. The van der Waals surface area contributed by atoms with Crippen molar-refractivity contribution >= 4 is 0 Å². The predicted octanol–water partition coefficient (Wildman–Crippen LogP) is 1.51. The Morgan fingerprint density at radius 3 is 2.81 bits per heavy atom. The van der Waals surface area contributed by atoms with E-state index in [2.05, 4.69) is 21.5 Å². The molecule has 5 heteroatoms. The molecule has 116 valence electrons. The molecule has 1 unspecified atom stereocenters. The van der Waals surface area contributed by atoms with Crippen LogP contribution in [0.25, 0.3) is 0 Å². The quantitative estimate of drug-likeness (QED) is 0.845. The zero-order chi connectivity index (χ0) is 14.2. The van der Waals surface area contributed by atoms with E-state index in [0.717, 1.165) is 32.8 Å². The maximum absolute atomic E-state index is 5.55. The molecule has 2 fully saturated rings. The average Bonchev–Trinajstić information content (AvgIpc) is 3.20. The van der Waals surface area contributed by atoms with Crippen LogP contribution in [-0.2, 0) is 31.4 Å². The van der Waals surface area contributed by atoms with Gasteiger partial charge >= 0.3 is 0 Å². The molecule has 5 nitrogen and oxygen atoms in total. The largest absolute Gasteiger partial charge is 0.380 e. The summed E-state index contributed by atoms with van der Waals surface area (Å²) in [5.41, 5.74) is 4.24. The highest BCUT2D eigenvalue weighted by Crippen LogP contribution is 2.30. The number of nitrogens with zero attached hydrogens (tertiary/aromatic N) is 4. The normalized spacial score (nSPS) is 27.4. The number of aryl methyl sites for hydroxylation is 1. The maximum atomic E-state index is 5.55. The fourth-order valence-corrected chi connectivity index (χ4v) is 4.02. The number of rotatable bonds is 3. The van der Waals surface area contributed by atoms with E-state index in [4.69, 9.17) is 9.84 Å². The fourth-order valence-electron chi connectivity index (χ4n) is 4.02. The van der Waals surface area contributed by atoms with Crippen molar-refractivity contribution in [3.63, 3.8) is 0 Å². The first-order valence-corrected chi connectivity index (χ1v) is 8.39. The molecule has 3 aliphatic rings. The summed E-state index contributed by atoms with van der Waals surface area (Å²) in [6.07, 6.45) is 5.27. The molecular formula is C16H26N4O. The standard InChI is InChI=1S/C16H26N4O/c1-18-16-11-20(13-5-8-21-12-13)9-14(16)15(17-18)10-19-6-3-2-4-7-19/h13H,2-12H2,1H3. The monoisotopic (exact) mass is 290 g/mol. The highest BCUT2D eigenvalue weighted by molar-refractivity contribution is 5.30. The van der Waals surface area contributed by atoms with E-state index in [9.17, 15) is 0 Å². The first-order chi connectivity index (χ1) is 10.3. The van der Waals surface area contributed by atoms with E-state index < -0.39 is 0 Å². The van der Waals surface area contributed by atoms with E-state index in [1.165, 1.54) is 55.7 Å². The number of piperidine rings is 1. The van der Waals surface area contributed by atoms with Crippen LogP contribution in [0, 0.1) is 0 Å². The first kappa shape index (κ1) is 13.7. The molecule has 0 amide bonds. The van der Waals surface area contributed by atoms with Gasteiger partial charge in [-0.25, -0.2) is 0 Å². The van der Waals surface area contributed by atoms with E-state index in [1.807, 2.05) is 0 Å². The Balaban J connectivity index is 1.49. The third-order valence-electron chi connectivity index (χ3n) is 5.32. The van der Waals surface area contributed by atoms with Crippen LogP contribution in [0.4, 0.5) is 0 Å². The van der Waals surface area contributed by atoms with E-state index >= 15 is 0 Å². The van der Waals surface area contributed by atoms with Crippen LogP contribution in [0.15, 0.2) is 0 Å². The molecule has 1 aromatic rings. The Kier molecular flexibility index (Phi) is 3.73.